The molecule has 0 radical (unpaired) electrons. The molecule has 3 heteroatoms. The molecule has 0 aliphatic carbocycles. The first-order valence-electron chi connectivity index (χ1n) is 11.5. The Labute approximate surface area is 201 Å². The lowest BCUT2D eigenvalue weighted by atomic mass is 9.83. The van der Waals surface area contributed by atoms with E-state index in [1.165, 1.54) is 21.6 Å². The fourth-order valence-electron chi connectivity index (χ4n) is 3.57. The Morgan fingerprint density at radius 1 is 1.21 bits per heavy atom. The molecule has 0 spiro atoms. The second-order valence-electron chi connectivity index (χ2n) is 9.70. The van der Waals surface area contributed by atoms with Gasteiger partial charge in [0.25, 0.3) is 0 Å². The van der Waals surface area contributed by atoms with Crippen molar-refractivity contribution in [2.24, 2.45) is 16.3 Å². The van der Waals surface area contributed by atoms with Gasteiger partial charge < -0.3 is 9.84 Å². The van der Waals surface area contributed by atoms with Crippen molar-refractivity contribution in [3.05, 3.63) is 82.8 Å². The summed E-state index contributed by atoms with van der Waals surface area (Å²) < 4.78 is 5.44. The number of aliphatic imine (C=N–C) groups is 1. The molecular formula is C30H43NO2. The zero-order valence-electron chi connectivity index (χ0n) is 21.7. The SMILES string of the molecule is C=C/C(C)=C/C=NC(C(=C)CO)C(CCOC)/C(C)=c1\cccc(C)\c1=C\C(=C)C(C)(C)C. The van der Waals surface area contributed by atoms with Gasteiger partial charge in [-0.15, -0.1) is 0 Å². The van der Waals surface area contributed by atoms with Crippen LogP contribution in [0.5, 0.6) is 0 Å². The van der Waals surface area contributed by atoms with Gasteiger partial charge in [0, 0.05) is 25.8 Å². The first-order valence-corrected chi connectivity index (χ1v) is 11.5. The average molecular weight is 450 g/mol. The first kappa shape index (κ1) is 28.5. The van der Waals surface area contributed by atoms with E-state index in [2.05, 4.69) is 78.6 Å². The highest BCUT2D eigenvalue weighted by Gasteiger charge is 2.25. The van der Waals surface area contributed by atoms with E-state index in [1.807, 2.05) is 13.0 Å². The van der Waals surface area contributed by atoms with Gasteiger partial charge in [-0.25, -0.2) is 0 Å². The van der Waals surface area contributed by atoms with Crippen molar-refractivity contribution in [2.75, 3.05) is 20.3 Å². The van der Waals surface area contributed by atoms with Crippen LogP contribution in [0, 0.1) is 18.3 Å². The highest BCUT2D eigenvalue weighted by atomic mass is 16.5. The smallest absolute Gasteiger partial charge is 0.0794 e. The number of hydrogen-bond donors (Lipinski definition) is 1. The lowest BCUT2D eigenvalue weighted by Crippen LogP contribution is -2.35. The number of methoxy groups -OCH3 is 1. The molecule has 1 aromatic carbocycles. The molecule has 0 saturated heterocycles. The van der Waals surface area contributed by atoms with Crippen molar-refractivity contribution in [1.29, 1.82) is 0 Å². The molecule has 0 bridgehead atoms. The van der Waals surface area contributed by atoms with Crippen molar-refractivity contribution in [3.8, 4) is 0 Å². The third-order valence-corrected chi connectivity index (χ3v) is 6.13. The minimum atomic E-state index is -0.266. The summed E-state index contributed by atoms with van der Waals surface area (Å²) in [5, 5.41) is 12.3. The number of allylic oxidation sites excluding steroid dienone is 4. The number of rotatable bonds is 11. The number of aliphatic hydroxyl groups excluding tert-OH is 1. The molecule has 1 rings (SSSR count). The summed E-state index contributed by atoms with van der Waals surface area (Å²) in [5.41, 5.74) is 5.18. The molecular weight excluding hydrogens is 406 g/mol. The van der Waals surface area contributed by atoms with Crippen LogP contribution in [0.2, 0.25) is 0 Å². The maximum absolute atomic E-state index is 9.93. The Balaban J connectivity index is 3.83. The molecule has 1 aromatic rings. The van der Waals surface area contributed by atoms with Crippen LogP contribution in [0.15, 0.2) is 71.8 Å². The summed E-state index contributed by atoms with van der Waals surface area (Å²) in [6.45, 7) is 25.5. The minimum absolute atomic E-state index is 0.0176. The van der Waals surface area contributed by atoms with Crippen molar-refractivity contribution in [1.82, 2.24) is 0 Å². The Bertz CT molecular complexity index is 1020. The molecule has 3 nitrogen and oxygen atoms in total. The number of benzene rings is 1. The topological polar surface area (TPSA) is 41.8 Å². The summed E-state index contributed by atoms with van der Waals surface area (Å²) >= 11 is 0. The maximum atomic E-state index is 9.93. The molecule has 180 valence electrons. The van der Waals surface area contributed by atoms with E-state index in [0.29, 0.717) is 12.2 Å². The van der Waals surface area contributed by atoms with Crippen LogP contribution in [-0.2, 0) is 4.74 Å². The van der Waals surface area contributed by atoms with E-state index in [-0.39, 0.29) is 24.0 Å². The largest absolute Gasteiger partial charge is 0.392 e. The Hall–Kier alpha value is -2.49. The van der Waals surface area contributed by atoms with E-state index >= 15 is 0 Å². The fourth-order valence-corrected chi connectivity index (χ4v) is 3.57. The van der Waals surface area contributed by atoms with Gasteiger partial charge in [0.1, 0.15) is 0 Å². The van der Waals surface area contributed by atoms with Crippen molar-refractivity contribution >= 4 is 17.9 Å². The highest BCUT2D eigenvalue weighted by molar-refractivity contribution is 5.73. The number of nitrogens with zero attached hydrogens (tertiary/aromatic N) is 1. The molecule has 0 amide bonds. The van der Waals surface area contributed by atoms with Gasteiger partial charge >= 0.3 is 0 Å². The zero-order chi connectivity index (χ0) is 25.2. The van der Waals surface area contributed by atoms with Crippen molar-refractivity contribution in [2.45, 2.75) is 54.0 Å². The van der Waals surface area contributed by atoms with Gasteiger partial charge in [-0.3, -0.25) is 4.99 Å². The Kier molecular flexibility index (Phi) is 11.5. The maximum Gasteiger partial charge on any atom is 0.0794 e. The lowest BCUT2D eigenvalue weighted by Gasteiger charge is -2.26. The minimum Gasteiger partial charge on any atom is -0.392 e. The van der Waals surface area contributed by atoms with E-state index in [0.717, 1.165) is 17.6 Å². The van der Waals surface area contributed by atoms with Gasteiger partial charge in [-0.05, 0) is 65.8 Å². The van der Waals surface area contributed by atoms with Crippen LogP contribution in [0.3, 0.4) is 0 Å². The average Bonchev–Trinajstić information content (AvgIpc) is 2.77. The van der Waals surface area contributed by atoms with E-state index in [1.54, 1.807) is 19.4 Å². The van der Waals surface area contributed by atoms with Crippen molar-refractivity contribution in [3.63, 3.8) is 0 Å². The monoisotopic (exact) mass is 449 g/mol. The number of ether oxygens (including phenoxy) is 1. The molecule has 0 fully saturated rings. The second-order valence-corrected chi connectivity index (χ2v) is 9.70. The molecule has 33 heavy (non-hydrogen) atoms. The molecule has 0 aliphatic rings. The standard InChI is InChI=1S/C30H43NO2/c1-11-21(2)15-17-31-29(23(4)20-32)27(16-18-33-10)25(6)26-14-12-13-22(3)28(26)19-24(5)30(7,8)9/h11-15,17,19,27,29,32H,1,4-5,16,18,20H2,2-3,6-10H3/b21-15+,26-25+,28-19-,31-17?. The Morgan fingerprint density at radius 3 is 2.42 bits per heavy atom. The Morgan fingerprint density at radius 2 is 1.88 bits per heavy atom. The molecule has 2 atom stereocenters. The normalized spacial score (nSPS) is 16.0. The summed E-state index contributed by atoms with van der Waals surface area (Å²) in [4.78, 5) is 4.82. The molecule has 2 unspecified atom stereocenters. The van der Waals surface area contributed by atoms with Gasteiger partial charge in [0.15, 0.2) is 0 Å². The number of aryl methyl sites for hydroxylation is 1. The quantitative estimate of drug-likeness (QED) is 0.282. The summed E-state index contributed by atoms with van der Waals surface area (Å²) in [6, 6.07) is 6.12. The number of aliphatic hydroxyl groups is 1. The summed E-state index contributed by atoms with van der Waals surface area (Å²) in [5.74, 6) is 0.0233. The predicted molar refractivity (Wildman–Crippen MR) is 145 cm³/mol. The van der Waals surface area contributed by atoms with Crippen LogP contribution < -0.4 is 10.4 Å². The van der Waals surface area contributed by atoms with Gasteiger partial charge in [0.2, 0.25) is 0 Å². The van der Waals surface area contributed by atoms with E-state index in [9.17, 15) is 5.11 Å². The molecule has 1 N–H and O–H groups in total. The molecule has 0 saturated carbocycles. The van der Waals surface area contributed by atoms with Crippen LogP contribution in [0.4, 0.5) is 0 Å². The van der Waals surface area contributed by atoms with Crippen LogP contribution in [0.1, 0.15) is 46.6 Å². The summed E-state index contributed by atoms with van der Waals surface area (Å²) in [7, 11) is 1.71. The fraction of sp³-hybridized carbons (Fsp3) is 0.433. The molecule has 0 heterocycles. The lowest BCUT2D eigenvalue weighted by molar-refractivity contribution is 0.181. The van der Waals surface area contributed by atoms with Gasteiger partial charge in [0.05, 0.1) is 12.6 Å². The van der Waals surface area contributed by atoms with Crippen LogP contribution >= 0.6 is 0 Å². The highest BCUT2D eigenvalue weighted by Crippen LogP contribution is 2.27. The molecule has 0 aromatic heterocycles. The first-order chi connectivity index (χ1) is 15.5. The van der Waals surface area contributed by atoms with Crippen LogP contribution in [-0.4, -0.2) is 37.7 Å². The zero-order valence-corrected chi connectivity index (χ0v) is 21.7. The predicted octanol–water partition coefficient (Wildman–Crippen LogP) is 5.32. The second kappa shape index (κ2) is 13.3. The van der Waals surface area contributed by atoms with E-state index in [4.69, 9.17) is 9.73 Å². The van der Waals surface area contributed by atoms with Gasteiger partial charge in [-0.2, -0.15) is 0 Å². The van der Waals surface area contributed by atoms with Crippen LogP contribution in [0.25, 0.3) is 11.6 Å². The van der Waals surface area contributed by atoms with Crippen molar-refractivity contribution < 1.29 is 9.84 Å². The van der Waals surface area contributed by atoms with E-state index < -0.39 is 0 Å². The third-order valence-electron chi connectivity index (χ3n) is 6.13. The van der Waals surface area contributed by atoms with Gasteiger partial charge in [-0.1, -0.05) is 82.0 Å². The summed E-state index contributed by atoms with van der Waals surface area (Å²) in [6.07, 6.45) is 8.48. The number of hydrogen-bond acceptors (Lipinski definition) is 3. The molecule has 0 aliphatic heterocycles. The third kappa shape index (κ3) is 8.42.